The number of carbonyl (C=O) groups is 3. The Bertz CT molecular complexity index is 670. The first-order chi connectivity index (χ1) is 14.4. The molecule has 5 atom stereocenters. The number of aliphatic hydroxyl groups is 1. The van der Waals surface area contributed by atoms with Crippen molar-refractivity contribution in [1.29, 1.82) is 0 Å². The molecule has 0 aromatic heterocycles. The number of hydrogen-bond donors (Lipinski definition) is 2. The fraction of sp³-hybridized carbons (Fsp3) is 0.864. The number of nitrogens with one attached hydrogen (secondary N) is 1. The summed E-state index contributed by atoms with van der Waals surface area (Å²) in [5.41, 5.74) is -1.76. The molecule has 0 aliphatic carbocycles. The van der Waals surface area contributed by atoms with Crippen molar-refractivity contribution >= 4 is 17.8 Å². The van der Waals surface area contributed by atoms with E-state index < -0.39 is 35.0 Å². The van der Waals surface area contributed by atoms with E-state index in [-0.39, 0.29) is 31.6 Å². The van der Waals surface area contributed by atoms with Crippen molar-refractivity contribution in [1.82, 2.24) is 10.2 Å². The number of hydrogen-bond acceptors (Lipinski definition) is 6. The van der Waals surface area contributed by atoms with E-state index in [1.165, 1.54) is 4.90 Å². The highest BCUT2D eigenvalue weighted by atomic mass is 16.6. The molecule has 2 unspecified atom stereocenters. The average molecular weight is 425 g/mol. The lowest BCUT2D eigenvalue weighted by molar-refractivity contribution is -0.160. The number of carbonyl (C=O) groups excluding carboxylic acids is 3. The van der Waals surface area contributed by atoms with Crippen molar-refractivity contribution < 1.29 is 29.0 Å². The Morgan fingerprint density at radius 1 is 1.23 bits per heavy atom. The van der Waals surface area contributed by atoms with Crippen molar-refractivity contribution in [2.75, 3.05) is 26.3 Å². The number of fused-ring (bicyclic) bond motifs is 1. The van der Waals surface area contributed by atoms with E-state index in [1.807, 2.05) is 6.92 Å². The minimum absolute atomic E-state index is 0.0760. The maximum Gasteiger partial charge on any atom is 0.312 e. The van der Waals surface area contributed by atoms with Gasteiger partial charge in [0, 0.05) is 19.7 Å². The molecule has 3 heterocycles. The van der Waals surface area contributed by atoms with Gasteiger partial charge in [0.2, 0.25) is 11.8 Å². The van der Waals surface area contributed by atoms with Gasteiger partial charge in [-0.1, -0.05) is 26.7 Å². The number of aliphatic hydroxyl groups excluding tert-OH is 1. The number of likely N-dealkylation sites (tertiary alicyclic amines) is 1. The van der Waals surface area contributed by atoms with Crippen LogP contribution < -0.4 is 5.32 Å². The summed E-state index contributed by atoms with van der Waals surface area (Å²) >= 11 is 0. The second kappa shape index (κ2) is 9.22. The predicted octanol–water partition coefficient (Wildman–Crippen LogP) is 1.39. The first-order valence-corrected chi connectivity index (χ1v) is 11.5. The quantitative estimate of drug-likeness (QED) is 0.384. The molecular weight excluding hydrogens is 388 g/mol. The molecule has 1 spiro atoms. The molecule has 30 heavy (non-hydrogen) atoms. The Balaban J connectivity index is 1.94. The topological polar surface area (TPSA) is 105 Å². The second-order valence-corrected chi connectivity index (χ2v) is 8.69. The molecule has 3 saturated heterocycles. The molecule has 3 rings (SSSR count). The van der Waals surface area contributed by atoms with Crippen molar-refractivity contribution in [2.24, 2.45) is 11.8 Å². The number of unbranched alkanes of at least 4 members (excludes halogenated alkanes) is 2. The van der Waals surface area contributed by atoms with Crippen LogP contribution in [-0.2, 0) is 23.9 Å². The zero-order valence-corrected chi connectivity index (χ0v) is 18.4. The Labute approximate surface area is 178 Å². The largest absolute Gasteiger partial charge is 0.466 e. The number of rotatable bonds is 11. The highest BCUT2D eigenvalue weighted by Crippen LogP contribution is 2.64. The standard InChI is InChI=1S/C22H36N2O6/c1-4-7-8-12-23-18(26)17-22-11-10-21(5-2,30-22)16(20(28)29-6-3)15(22)19(27)24(17)13-9-14-25/h15-17,25H,4-14H2,1-3H3,(H,23,26)/t15-,16-,17?,21+,22?/m0/s1. The molecule has 0 saturated carbocycles. The van der Waals surface area contributed by atoms with Gasteiger partial charge in [0.05, 0.1) is 18.1 Å². The van der Waals surface area contributed by atoms with E-state index in [0.717, 1.165) is 19.3 Å². The molecule has 0 radical (unpaired) electrons. The summed E-state index contributed by atoms with van der Waals surface area (Å²) in [6, 6.07) is -0.781. The molecule has 8 nitrogen and oxygen atoms in total. The SMILES string of the molecule is CCCCCNC(=O)C1N(CCCO)C(=O)[C@@H]2[C@@H](C(=O)OCC)[C@@]3(CC)CCC12O3. The molecule has 8 heteroatoms. The molecule has 3 aliphatic heterocycles. The Morgan fingerprint density at radius 2 is 2.00 bits per heavy atom. The van der Waals surface area contributed by atoms with Crippen molar-refractivity contribution in [3.8, 4) is 0 Å². The van der Waals surface area contributed by atoms with Gasteiger partial charge in [-0.3, -0.25) is 14.4 Å². The molecule has 2 N–H and O–H groups in total. The summed E-state index contributed by atoms with van der Waals surface area (Å²) in [4.78, 5) is 41.3. The van der Waals surface area contributed by atoms with Crippen LogP contribution in [0.2, 0.25) is 0 Å². The second-order valence-electron chi connectivity index (χ2n) is 8.69. The molecule has 2 bridgehead atoms. The Hall–Kier alpha value is -1.67. The summed E-state index contributed by atoms with van der Waals surface area (Å²) in [6.45, 7) is 6.77. The lowest BCUT2D eigenvalue weighted by atomic mass is 9.65. The fourth-order valence-corrected chi connectivity index (χ4v) is 5.77. The lowest BCUT2D eigenvalue weighted by Gasteiger charge is -2.33. The van der Waals surface area contributed by atoms with Crippen LogP contribution in [0.25, 0.3) is 0 Å². The predicted molar refractivity (Wildman–Crippen MR) is 109 cm³/mol. The molecule has 2 amide bonds. The van der Waals surface area contributed by atoms with E-state index in [1.54, 1.807) is 6.92 Å². The van der Waals surface area contributed by atoms with Gasteiger partial charge in [0.15, 0.2) is 0 Å². The van der Waals surface area contributed by atoms with E-state index in [2.05, 4.69) is 12.2 Å². The highest BCUT2D eigenvalue weighted by molar-refractivity contribution is 5.98. The van der Waals surface area contributed by atoms with E-state index in [4.69, 9.17) is 9.47 Å². The van der Waals surface area contributed by atoms with Gasteiger partial charge < -0.3 is 24.8 Å². The van der Waals surface area contributed by atoms with Crippen molar-refractivity contribution in [3.05, 3.63) is 0 Å². The molecule has 3 aliphatic rings. The third-order valence-electron chi connectivity index (χ3n) is 7.11. The maximum atomic E-state index is 13.5. The first kappa shape index (κ1) is 23.0. The fourth-order valence-electron chi connectivity index (χ4n) is 5.77. The molecule has 0 aromatic carbocycles. The molecular formula is C22H36N2O6. The van der Waals surface area contributed by atoms with Gasteiger partial charge in [-0.25, -0.2) is 0 Å². The third-order valence-corrected chi connectivity index (χ3v) is 7.11. The summed E-state index contributed by atoms with van der Waals surface area (Å²) in [7, 11) is 0. The molecule has 0 aromatic rings. The van der Waals surface area contributed by atoms with Crippen LogP contribution in [0.15, 0.2) is 0 Å². The monoisotopic (exact) mass is 424 g/mol. The number of esters is 1. The van der Waals surface area contributed by atoms with E-state index in [0.29, 0.717) is 32.2 Å². The van der Waals surface area contributed by atoms with Gasteiger partial charge in [-0.05, 0) is 39.0 Å². The van der Waals surface area contributed by atoms with Crippen LogP contribution in [0.4, 0.5) is 0 Å². The normalized spacial score (nSPS) is 34.3. The van der Waals surface area contributed by atoms with Crippen molar-refractivity contribution in [3.63, 3.8) is 0 Å². The van der Waals surface area contributed by atoms with Gasteiger partial charge in [0.1, 0.15) is 17.6 Å². The van der Waals surface area contributed by atoms with E-state index >= 15 is 0 Å². The minimum Gasteiger partial charge on any atom is -0.466 e. The zero-order chi connectivity index (χ0) is 21.9. The van der Waals surface area contributed by atoms with Crippen LogP contribution >= 0.6 is 0 Å². The lowest BCUT2D eigenvalue weighted by Crippen LogP contribution is -2.55. The van der Waals surface area contributed by atoms with Crippen LogP contribution in [0, 0.1) is 11.8 Å². The van der Waals surface area contributed by atoms with Gasteiger partial charge in [-0.2, -0.15) is 0 Å². The van der Waals surface area contributed by atoms with Gasteiger partial charge >= 0.3 is 5.97 Å². The molecule has 170 valence electrons. The number of nitrogens with zero attached hydrogens (tertiary/aromatic N) is 1. The third kappa shape index (κ3) is 3.51. The molecule has 3 fully saturated rings. The summed E-state index contributed by atoms with van der Waals surface area (Å²) in [5.74, 6) is -2.28. The Morgan fingerprint density at radius 3 is 2.63 bits per heavy atom. The summed E-state index contributed by atoms with van der Waals surface area (Å²) in [6.07, 6.45) is 5.10. The average Bonchev–Trinajstić information content (AvgIpc) is 3.33. The summed E-state index contributed by atoms with van der Waals surface area (Å²) in [5, 5.41) is 12.3. The van der Waals surface area contributed by atoms with Crippen LogP contribution in [-0.4, -0.2) is 71.3 Å². The smallest absolute Gasteiger partial charge is 0.312 e. The van der Waals surface area contributed by atoms with Crippen molar-refractivity contribution in [2.45, 2.75) is 83.0 Å². The van der Waals surface area contributed by atoms with Gasteiger partial charge in [0.25, 0.3) is 0 Å². The van der Waals surface area contributed by atoms with E-state index in [9.17, 15) is 19.5 Å². The summed E-state index contributed by atoms with van der Waals surface area (Å²) < 4.78 is 11.9. The minimum atomic E-state index is -1.01. The zero-order valence-electron chi connectivity index (χ0n) is 18.4. The first-order valence-electron chi connectivity index (χ1n) is 11.5. The number of ether oxygens (including phenoxy) is 2. The van der Waals surface area contributed by atoms with Crippen LogP contribution in [0.1, 0.15) is 65.7 Å². The maximum absolute atomic E-state index is 13.5. The van der Waals surface area contributed by atoms with Gasteiger partial charge in [-0.15, -0.1) is 0 Å². The Kier molecular flexibility index (Phi) is 7.07. The highest BCUT2D eigenvalue weighted by Gasteiger charge is 2.78. The number of amides is 2. The van der Waals surface area contributed by atoms with Crippen LogP contribution in [0.5, 0.6) is 0 Å². The van der Waals surface area contributed by atoms with Crippen LogP contribution in [0.3, 0.4) is 0 Å².